The van der Waals surface area contributed by atoms with E-state index in [2.05, 4.69) is 31.2 Å². The van der Waals surface area contributed by atoms with Crippen molar-refractivity contribution in [3.63, 3.8) is 0 Å². The number of nitrogens with one attached hydrogen (secondary N) is 1. The van der Waals surface area contributed by atoms with Crippen LogP contribution in [0.3, 0.4) is 0 Å². The Morgan fingerprint density at radius 1 is 1.14 bits per heavy atom. The highest BCUT2D eigenvalue weighted by molar-refractivity contribution is 5.29. The molecule has 0 bridgehead atoms. The molecule has 0 atom stereocenters. The monoisotopic (exact) mass is 297 g/mol. The molecule has 2 aromatic heterocycles. The maximum absolute atomic E-state index is 4.47. The molecule has 3 rings (SSSR count). The SMILES string of the molecule is Cc1cc(C)nc(NC2CCN(Cc3ccccn3)CC2)n1. The summed E-state index contributed by atoms with van der Waals surface area (Å²) in [7, 11) is 0. The van der Waals surface area contributed by atoms with Crippen molar-refractivity contribution in [1.82, 2.24) is 19.9 Å². The summed E-state index contributed by atoms with van der Waals surface area (Å²) in [6, 6.07) is 8.56. The van der Waals surface area contributed by atoms with Crippen molar-refractivity contribution in [2.75, 3.05) is 18.4 Å². The Bertz CT molecular complexity index is 585. The number of pyridine rings is 1. The zero-order valence-corrected chi connectivity index (χ0v) is 13.3. The first-order valence-corrected chi connectivity index (χ1v) is 7.90. The van der Waals surface area contributed by atoms with Gasteiger partial charge in [-0.25, -0.2) is 9.97 Å². The lowest BCUT2D eigenvalue weighted by Gasteiger charge is -2.32. The quantitative estimate of drug-likeness (QED) is 0.940. The Hall–Kier alpha value is -2.01. The van der Waals surface area contributed by atoms with E-state index < -0.39 is 0 Å². The fourth-order valence-electron chi connectivity index (χ4n) is 2.93. The first kappa shape index (κ1) is 14.9. The molecule has 0 aromatic carbocycles. The van der Waals surface area contributed by atoms with Gasteiger partial charge in [0.15, 0.2) is 0 Å². The number of hydrogen-bond donors (Lipinski definition) is 1. The lowest BCUT2D eigenvalue weighted by Crippen LogP contribution is -2.39. The van der Waals surface area contributed by atoms with Gasteiger partial charge in [0.1, 0.15) is 0 Å². The van der Waals surface area contributed by atoms with Crippen LogP contribution >= 0.6 is 0 Å². The predicted octanol–water partition coefficient (Wildman–Crippen LogP) is 2.56. The molecule has 0 unspecified atom stereocenters. The molecule has 1 aliphatic rings. The Balaban J connectivity index is 1.51. The van der Waals surface area contributed by atoms with Crippen LogP contribution in [-0.2, 0) is 6.54 Å². The highest BCUT2D eigenvalue weighted by atomic mass is 15.2. The first-order valence-electron chi connectivity index (χ1n) is 7.90. The number of rotatable bonds is 4. The van der Waals surface area contributed by atoms with Crippen molar-refractivity contribution < 1.29 is 0 Å². The van der Waals surface area contributed by atoms with Crippen LogP contribution < -0.4 is 5.32 Å². The van der Waals surface area contributed by atoms with E-state index in [0.717, 1.165) is 55.5 Å². The standard InChI is InChI=1S/C17H23N5/c1-13-11-14(2)20-17(19-13)21-15-6-9-22(10-7-15)12-16-5-3-4-8-18-16/h3-5,8,11,15H,6-7,9-10,12H2,1-2H3,(H,19,20,21). The minimum Gasteiger partial charge on any atom is -0.351 e. The van der Waals surface area contributed by atoms with E-state index in [0.29, 0.717) is 6.04 Å². The zero-order chi connectivity index (χ0) is 15.4. The number of aromatic nitrogens is 3. The van der Waals surface area contributed by atoms with Gasteiger partial charge in [-0.3, -0.25) is 9.88 Å². The normalized spacial score (nSPS) is 16.6. The smallest absolute Gasteiger partial charge is 0.223 e. The van der Waals surface area contributed by atoms with Gasteiger partial charge in [0, 0.05) is 43.3 Å². The average molecular weight is 297 g/mol. The van der Waals surface area contributed by atoms with Crippen LogP contribution in [-0.4, -0.2) is 39.0 Å². The molecule has 5 nitrogen and oxygen atoms in total. The van der Waals surface area contributed by atoms with E-state index in [9.17, 15) is 0 Å². The number of piperidine rings is 1. The molecular formula is C17H23N5. The van der Waals surface area contributed by atoms with Crippen LogP contribution in [0.2, 0.25) is 0 Å². The van der Waals surface area contributed by atoms with Gasteiger partial charge in [-0.15, -0.1) is 0 Å². The minimum absolute atomic E-state index is 0.459. The molecule has 3 heterocycles. The maximum Gasteiger partial charge on any atom is 0.223 e. The van der Waals surface area contributed by atoms with Crippen molar-refractivity contribution in [3.8, 4) is 0 Å². The summed E-state index contributed by atoms with van der Waals surface area (Å²) in [6.45, 7) is 7.12. The van der Waals surface area contributed by atoms with Crippen LogP contribution in [0.5, 0.6) is 0 Å². The van der Waals surface area contributed by atoms with Crippen LogP contribution in [0.15, 0.2) is 30.5 Å². The van der Waals surface area contributed by atoms with E-state index in [1.807, 2.05) is 38.2 Å². The van der Waals surface area contributed by atoms with E-state index >= 15 is 0 Å². The van der Waals surface area contributed by atoms with Crippen LogP contribution in [0.1, 0.15) is 29.9 Å². The summed E-state index contributed by atoms with van der Waals surface area (Å²) in [4.78, 5) is 15.8. The second kappa shape index (κ2) is 6.83. The molecule has 2 aromatic rings. The number of likely N-dealkylation sites (tertiary alicyclic amines) is 1. The fraction of sp³-hybridized carbons (Fsp3) is 0.471. The van der Waals surface area contributed by atoms with Crippen LogP contribution in [0.4, 0.5) is 5.95 Å². The number of aryl methyl sites for hydroxylation is 2. The van der Waals surface area contributed by atoms with E-state index in [1.54, 1.807) is 0 Å². The third-order valence-corrected chi connectivity index (χ3v) is 4.01. The largest absolute Gasteiger partial charge is 0.351 e. The second-order valence-electron chi connectivity index (χ2n) is 5.99. The third-order valence-electron chi connectivity index (χ3n) is 4.01. The molecule has 1 fully saturated rings. The van der Waals surface area contributed by atoms with Gasteiger partial charge >= 0.3 is 0 Å². The van der Waals surface area contributed by atoms with Gasteiger partial charge < -0.3 is 5.32 Å². The predicted molar refractivity (Wildman–Crippen MR) is 87.7 cm³/mol. The van der Waals surface area contributed by atoms with Crippen molar-refractivity contribution in [3.05, 3.63) is 47.5 Å². The van der Waals surface area contributed by atoms with Crippen molar-refractivity contribution in [1.29, 1.82) is 0 Å². The highest BCUT2D eigenvalue weighted by Crippen LogP contribution is 2.16. The summed E-state index contributed by atoms with van der Waals surface area (Å²) >= 11 is 0. The molecule has 1 saturated heterocycles. The first-order chi connectivity index (χ1) is 10.7. The van der Waals surface area contributed by atoms with Crippen LogP contribution in [0.25, 0.3) is 0 Å². The molecular weight excluding hydrogens is 274 g/mol. The van der Waals surface area contributed by atoms with E-state index in [4.69, 9.17) is 0 Å². The Kier molecular flexibility index (Phi) is 4.63. The van der Waals surface area contributed by atoms with E-state index in [1.165, 1.54) is 0 Å². The topological polar surface area (TPSA) is 53.9 Å². The van der Waals surface area contributed by atoms with Gasteiger partial charge in [0.05, 0.1) is 5.69 Å². The molecule has 0 amide bonds. The molecule has 116 valence electrons. The summed E-state index contributed by atoms with van der Waals surface area (Å²) in [6.07, 6.45) is 4.09. The van der Waals surface area contributed by atoms with Gasteiger partial charge in [0.25, 0.3) is 0 Å². The minimum atomic E-state index is 0.459. The van der Waals surface area contributed by atoms with Gasteiger partial charge in [-0.2, -0.15) is 0 Å². The van der Waals surface area contributed by atoms with Gasteiger partial charge in [-0.1, -0.05) is 6.07 Å². The molecule has 5 heteroatoms. The Morgan fingerprint density at radius 2 is 1.86 bits per heavy atom. The van der Waals surface area contributed by atoms with Crippen molar-refractivity contribution in [2.45, 2.75) is 39.3 Å². The Morgan fingerprint density at radius 3 is 2.50 bits per heavy atom. The maximum atomic E-state index is 4.47. The molecule has 0 aliphatic carbocycles. The molecule has 0 spiro atoms. The van der Waals surface area contributed by atoms with Crippen molar-refractivity contribution in [2.24, 2.45) is 0 Å². The summed E-state index contributed by atoms with van der Waals surface area (Å²) < 4.78 is 0. The van der Waals surface area contributed by atoms with Gasteiger partial charge in [-0.05, 0) is 44.9 Å². The molecule has 0 saturated carbocycles. The molecule has 22 heavy (non-hydrogen) atoms. The molecule has 1 aliphatic heterocycles. The number of hydrogen-bond acceptors (Lipinski definition) is 5. The summed E-state index contributed by atoms with van der Waals surface area (Å²) in [5.41, 5.74) is 3.18. The second-order valence-corrected chi connectivity index (χ2v) is 5.99. The van der Waals surface area contributed by atoms with E-state index in [-0.39, 0.29) is 0 Å². The lowest BCUT2D eigenvalue weighted by atomic mass is 10.1. The highest BCUT2D eigenvalue weighted by Gasteiger charge is 2.20. The van der Waals surface area contributed by atoms with Crippen molar-refractivity contribution >= 4 is 5.95 Å². The number of anilines is 1. The molecule has 0 radical (unpaired) electrons. The lowest BCUT2D eigenvalue weighted by molar-refractivity contribution is 0.209. The summed E-state index contributed by atoms with van der Waals surface area (Å²) in [5, 5.41) is 3.48. The zero-order valence-electron chi connectivity index (χ0n) is 13.3. The average Bonchev–Trinajstić information content (AvgIpc) is 2.49. The van der Waals surface area contributed by atoms with Gasteiger partial charge in [0.2, 0.25) is 5.95 Å². The summed E-state index contributed by atoms with van der Waals surface area (Å²) in [5.74, 6) is 0.765. The Labute approximate surface area is 131 Å². The van der Waals surface area contributed by atoms with Crippen LogP contribution in [0, 0.1) is 13.8 Å². The number of nitrogens with zero attached hydrogens (tertiary/aromatic N) is 4. The molecule has 1 N–H and O–H groups in total. The fourth-order valence-corrected chi connectivity index (χ4v) is 2.93. The third kappa shape index (κ3) is 4.01.